The van der Waals surface area contributed by atoms with Gasteiger partial charge in [-0.25, -0.2) is 4.98 Å². The molecular formula is C27H29N3O3S. The van der Waals surface area contributed by atoms with Crippen molar-refractivity contribution in [2.75, 3.05) is 19.5 Å². The minimum absolute atomic E-state index is 0.0322. The Morgan fingerprint density at radius 2 is 1.76 bits per heavy atom. The van der Waals surface area contributed by atoms with Gasteiger partial charge >= 0.3 is 0 Å². The molecule has 0 aliphatic carbocycles. The number of rotatable bonds is 10. The Balaban J connectivity index is 1.61. The van der Waals surface area contributed by atoms with E-state index in [1.165, 1.54) is 11.8 Å². The molecule has 34 heavy (non-hydrogen) atoms. The van der Waals surface area contributed by atoms with E-state index in [0.29, 0.717) is 29.2 Å². The zero-order valence-electron chi connectivity index (χ0n) is 19.8. The second-order valence-electron chi connectivity index (χ2n) is 8.28. The molecule has 2 aromatic heterocycles. The quantitative estimate of drug-likeness (QED) is 0.142. The van der Waals surface area contributed by atoms with Crippen molar-refractivity contribution in [3.8, 4) is 0 Å². The molecule has 0 aliphatic rings. The Bertz CT molecular complexity index is 1360. The van der Waals surface area contributed by atoms with Crippen molar-refractivity contribution in [1.29, 1.82) is 0 Å². The summed E-state index contributed by atoms with van der Waals surface area (Å²) >= 11 is 1.32. The third-order valence-electron chi connectivity index (χ3n) is 5.95. The van der Waals surface area contributed by atoms with Gasteiger partial charge in [-0.1, -0.05) is 54.2 Å². The first kappa shape index (κ1) is 24.0. The molecule has 4 aromatic rings. The molecule has 0 saturated carbocycles. The van der Waals surface area contributed by atoms with E-state index >= 15 is 0 Å². The van der Waals surface area contributed by atoms with Crippen LogP contribution in [0.5, 0.6) is 0 Å². The molecule has 0 atom stereocenters. The van der Waals surface area contributed by atoms with Crippen molar-refractivity contribution in [3.05, 3.63) is 93.5 Å². The fourth-order valence-electron chi connectivity index (χ4n) is 4.17. The predicted molar refractivity (Wildman–Crippen MR) is 137 cm³/mol. The third kappa shape index (κ3) is 5.16. The van der Waals surface area contributed by atoms with E-state index in [9.17, 15) is 9.59 Å². The molecule has 0 radical (unpaired) electrons. The number of ether oxygens (including phenoxy) is 1. The first-order chi connectivity index (χ1) is 16.5. The second-order valence-corrected chi connectivity index (χ2v) is 9.23. The fourth-order valence-corrected chi connectivity index (χ4v) is 5.05. The van der Waals surface area contributed by atoms with Crippen molar-refractivity contribution >= 4 is 28.4 Å². The van der Waals surface area contributed by atoms with Crippen molar-refractivity contribution in [2.24, 2.45) is 0 Å². The van der Waals surface area contributed by atoms with Crippen LogP contribution in [0.3, 0.4) is 0 Å². The Morgan fingerprint density at radius 3 is 2.53 bits per heavy atom. The summed E-state index contributed by atoms with van der Waals surface area (Å²) in [7, 11) is 1.69. The minimum Gasteiger partial charge on any atom is -0.385 e. The zero-order chi connectivity index (χ0) is 24.1. The Kier molecular flexibility index (Phi) is 7.65. The number of carbonyl (C=O) groups excluding carboxylic acids is 1. The Morgan fingerprint density at radius 1 is 1.03 bits per heavy atom. The topological polar surface area (TPSA) is 66.1 Å². The molecule has 7 heteroatoms. The first-order valence-electron chi connectivity index (χ1n) is 11.3. The highest BCUT2D eigenvalue weighted by Crippen LogP contribution is 2.23. The maximum absolute atomic E-state index is 13.3. The van der Waals surface area contributed by atoms with Gasteiger partial charge in [-0.05, 0) is 44.0 Å². The highest BCUT2D eigenvalue weighted by Gasteiger charge is 2.18. The van der Waals surface area contributed by atoms with Crippen LogP contribution in [-0.2, 0) is 17.8 Å². The molecule has 0 spiro atoms. The summed E-state index contributed by atoms with van der Waals surface area (Å²) in [6.45, 7) is 5.91. The molecule has 2 aromatic carbocycles. The van der Waals surface area contributed by atoms with E-state index in [1.807, 2.05) is 68.4 Å². The standard InChI is InChI=1S/C27H29N3O3S/c1-19-16-23(20(2)29(19)14-9-15-33-3)25(31)18-34-27-28-24-13-8-7-12-22(24)26(32)30(27)17-21-10-5-4-6-11-21/h4-8,10-13,16H,9,14-15,17-18H2,1-3H3. The second kappa shape index (κ2) is 10.8. The minimum atomic E-state index is -0.0966. The predicted octanol–water partition coefficient (Wildman–Crippen LogP) is 4.87. The van der Waals surface area contributed by atoms with Crippen LogP contribution in [0.4, 0.5) is 0 Å². The average molecular weight is 476 g/mol. The number of methoxy groups -OCH3 is 1. The SMILES string of the molecule is COCCCn1c(C)cc(C(=O)CSc2nc3ccccc3c(=O)n2Cc2ccccc2)c1C. The maximum Gasteiger partial charge on any atom is 0.262 e. The number of nitrogens with zero attached hydrogens (tertiary/aromatic N) is 3. The van der Waals surface area contributed by atoms with Gasteiger partial charge in [0.05, 0.1) is 23.2 Å². The van der Waals surface area contributed by atoms with E-state index in [-0.39, 0.29) is 17.1 Å². The van der Waals surface area contributed by atoms with Crippen LogP contribution in [0.15, 0.2) is 70.6 Å². The van der Waals surface area contributed by atoms with E-state index in [1.54, 1.807) is 17.7 Å². The number of aromatic nitrogens is 3. The number of Topliss-reactive ketones (excluding diaryl/α,β-unsaturated/α-hetero) is 1. The first-order valence-corrected chi connectivity index (χ1v) is 12.3. The van der Waals surface area contributed by atoms with Crippen LogP contribution in [0.25, 0.3) is 10.9 Å². The number of ketones is 1. The van der Waals surface area contributed by atoms with Gasteiger partial charge in [0.15, 0.2) is 10.9 Å². The summed E-state index contributed by atoms with van der Waals surface area (Å²) in [4.78, 5) is 31.2. The van der Waals surface area contributed by atoms with Crippen LogP contribution in [0.2, 0.25) is 0 Å². The average Bonchev–Trinajstić information content (AvgIpc) is 3.14. The lowest BCUT2D eigenvalue weighted by Gasteiger charge is -2.13. The molecule has 6 nitrogen and oxygen atoms in total. The molecule has 0 saturated heterocycles. The molecule has 2 heterocycles. The number of hydrogen-bond acceptors (Lipinski definition) is 5. The monoisotopic (exact) mass is 475 g/mol. The molecule has 0 fully saturated rings. The number of fused-ring (bicyclic) bond motifs is 1. The van der Waals surface area contributed by atoms with Crippen LogP contribution in [0, 0.1) is 13.8 Å². The number of para-hydroxylation sites is 1. The van der Waals surface area contributed by atoms with E-state index < -0.39 is 0 Å². The maximum atomic E-state index is 13.3. The summed E-state index contributed by atoms with van der Waals surface area (Å²) in [6, 6.07) is 19.1. The van der Waals surface area contributed by atoms with Gasteiger partial charge in [-0.3, -0.25) is 14.2 Å². The lowest BCUT2D eigenvalue weighted by atomic mass is 10.2. The number of carbonyl (C=O) groups is 1. The van der Waals surface area contributed by atoms with Gasteiger partial charge in [-0.2, -0.15) is 0 Å². The molecule has 0 N–H and O–H groups in total. The lowest BCUT2D eigenvalue weighted by Crippen LogP contribution is -2.24. The summed E-state index contributed by atoms with van der Waals surface area (Å²) in [5.41, 5.74) is 4.30. The third-order valence-corrected chi connectivity index (χ3v) is 6.92. The van der Waals surface area contributed by atoms with E-state index in [0.717, 1.165) is 35.5 Å². The Labute approximate surface area is 203 Å². The summed E-state index contributed by atoms with van der Waals surface area (Å²) in [6.07, 6.45) is 0.891. The van der Waals surface area contributed by atoms with Crippen LogP contribution in [0.1, 0.15) is 33.7 Å². The Hall–Kier alpha value is -3.16. The van der Waals surface area contributed by atoms with Crippen LogP contribution in [-0.4, -0.2) is 39.4 Å². The number of aryl methyl sites for hydroxylation is 1. The van der Waals surface area contributed by atoms with E-state index in [4.69, 9.17) is 9.72 Å². The number of benzene rings is 2. The van der Waals surface area contributed by atoms with Crippen molar-refractivity contribution < 1.29 is 9.53 Å². The summed E-state index contributed by atoms with van der Waals surface area (Å²) < 4.78 is 8.99. The van der Waals surface area contributed by atoms with Gasteiger partial charge in [0.1, 0.15) is 0 Å². The molecule has 0 amide bonds. The van der Waals surface area contributed by atoms with Gasteiger partial charge < -0.3 is 9.30 Å². The molecule has 0 unspecified atom stereocenters. The smallest absolute Gasteiger partial charge is 0.262 e. The summed E-state index contributed by atoms with van der Waals surface area (Å²) in [5.74, 6) is 0.242. The molecule has 0 bridgehead atoms. The molecule has 4 rings (SSSR count). The van der Waals surface area contributed by atoms with Gasteiger partial charge in [0.25, 0.3) is 5.56 Å². The van der Waals surface area contributed by atoms with Crippen LogP contribution >= 0.6 is 11.8 Å². The normalized spacial score (nSPS) is 11.3. The van der Waals surface area contributed by atoms with Gasteiger partial charge in [0, 0.05) is 37.2 Å². The highest BCUT2D eigenvalue weighted by atomic mass is 32.2. The zero-order valence-corrected chi connectivity index (χ0v) is 20.6. The van der Waals surface area contributed by atoms with Crippen molar-refractivity contribution in [3.63, 3.8) is 0 Å². The highest BCUT2D eigenvalue weighted by molar-refractivity contribution is 7.99. The lowest BCUT2D eigenvalue weighted by molar-refractivity contribution is 0.102. The fraction of sp³-hybridized carbons (Fsp3) is 0.296. The number of thioether (sulfide) groups is 1. The van der Waals surface area contributed by atoms with Crippen LogP contribution < -0.4 is 5.56 Å². The number of hydrogen-bond donors (Lipinski definition) is 0. The van der Waals surface area contributed by atoms with Gasteiger partial charge in [-0.15, -0.1) is 0 Å². The molecule has 176 valence electrons. The molecular weight excluding hydrogens is 446 g/mol. The molecule has 0 aliphatic heterocycles. The van der Waals surface area contributed by atoms with E-state index in [2.05, 4.69) is 4.57 Å². The van der Waals surface area contributed by atoms with Crippen molar-refractivity contribution in [1.82, 2.24) is 14.1 Å². The summed E-state index contributed by atoms with van der Waals surface area (Å²) in [5, 5.41) is 1.13. The largest absolute Gasteiger partial charge is 0.385 e. The van der Waals surface area contributed by atoms with Crippen molar-refractivity contribution in [2.45, 2.75) is 38.5 Å². The van der Waals surface area contributed by atoms with Gasteiger partial charge in [0.2, 0.25) is 0 Å².